The molecule has 5 rings (SSSR count). The average molecular weight is 381 g/mol. The van der Waals surface area contributed by atoms with Gasteiger partial charge >= 0.3 is 0 Å². The van der Waals surface area contributed by atoms with Crippen LogP contribution >= 0.6 is 11.3 Å². The molecule has 0 amide bonds. The summed E-state index contributed by atoms with van der Waals surface area (Å²) in [5, 5.41) is 8.66. The summed E-state index contributed by atoms with van der Waals surface area (Å²) in [4.78, 5) is 9.21. The first kappa shape index (κ1) is 17.1. The number of fused-ring (bicyclic) bond motifs is 1. The Bertz CT molecular complexity index is 881. The van der Waals surface area contributed by atoms with E-state index >= 15 is 0 Å². The highest BCUT2D eigenvalue weighted by Crippen LogP contribution is 2.35. The smallest absolute Gasteiger partial charge is 0.257 e. The number of piperidine rings is 1. The van der Waals surface area contributed by atoms with Gasteiger partial charge in [-0.25, -0.2) is 0 Å². The summed E-state index contributed by atoms with van der Waals surface area (Å²) in [6.07, 6.45) is 11.2. The maximum atomic E-state index is 6.03. The van der Waals surface area contributed by atoms with Gasteiger partial charge in [0.15, 0.2) is 0 Å². The van der Waals surface area contributed by atoms with Gasteiger partial charge in [-0.1, -0.05) is 0 Å². The van der Waals surface area contributed by atoms with E-state index in [1.165, 1.54) is 54.5 Å². The van der Waals surface area contributed by atoms with Gasteiger partial charge < -0.3 is 4.42 Å². The van der Waals surface area contributed by atoms with Crippen molar-refractivity contribution in [3.63, 3.8) is 0 Å². The fourth-order valence-corrected chi connectivity index (χ4v) is 5.49. The van der Waals surface area contributed by atoms with Crippen molar-refractivity contribution in [2.75, 3.05) is 13.1 Å². The molecule has 0 radical (unpaired) electrons. The van der Waals surface area contributed by atoms with Crippen LogP contribution < -0.4 is 0 Å². The third-order valence-electron chi connectivity index (χ3n) is 5.72. The predicted molar refractivity (Wildman–Crippen MR) is 106 cm³/mol. The summed E-state index contributed by atoms with van der Waals surface area (Å²) < 4.78 is 6.03. The molecular formula is C21H24N4OS. The second kappa shape index (κ2) is 7.52. The number of likely N-dealkylation sites (tertiary alicyclic amines) is 1. The SMILES string of the molecule is c1cc(C2CCCN(Cc3nnc(-c4cc5c(s4)CCCC5)o3)C2)ccn1. The number of thiophene rings is 1. The van der Waals surface area contributed by atoms with E-state index in [0.29, 0.717) is 11.8 Å². The summed E-state index contributed by atoms with van der Waals surface area (Å²) in [7, 11) is 0. The van der Waals surface area contributed by atoms with Crippen molar-refractivity contribution in [2.45, 2.75) is 51.0 Å². The van der Waals surface area contributed by atoms with Crippen molar-refractivity contribution in [1.82, 2.24) is 20.1 Å². The highest BCUT2D eigenvalue weighted by atomic mass is 32.1. The molecule has 1 unspecified atom stereocenters. The number of nitrogens with zero attached hydrogens (tertiary/aromatic N) is 4. The van der Waals surface area contributed by atoms with Gasteiger partial charge in [-0.15, -0.1) is 21.5 Å². The third-order valence-corrected chi connectivity index (χ3v) is 6.94. The van der Waals surface area contributed by atoms with Gasteiger partial charge in [0.2, 0.25) is 5.89 Å². The Hall–Kier alpha value is -2.05. The molecule has 1 aliphatic heterocycles. The van der Waals surface area contributed by atoms with Gasteiger partial charge in [0, 0.05) is 23.8 Å². The van der Waals surface area contributed by atoms with Gasteiger partial charge in [-0.2, -0.15) is 0 Å². The van der Waals surface area contributed by atoms with Crippen LogP contribution in [0.15, 0.2) is 35.0 Å². The van der Waals surface area contributed by atoms with Crippen molar-refractivity contribution in [3.05, 3.63) is 52.5 Å². The molecule has 0 N–H and O–H groups in total. The van der Waals surface area contributed by atoms with Crippen LogP contribution in [-0.4, -0.2) is 33.2 Å². The molecular weight excluding hydrogens is 356 g/mol. The Morgan fingerprint density at radius 3 is 2.89 bits per heavy atom. The highest BCUT2D eigenvalue weighted by molar-refractivity contribution is 7.15. The van der Waals surface area contributed by atoms with Crippen molar-refractivity contribution in [1.29, 1.82) is 0 Å². The lowest BCUT2D eigenvalue weighted by Gasteiger charge is -2.31. The van der Waals surface area contributed by atoms with E-state index < -0.39 is 0 Å². The topological polar surface area (TPSA) is 55.1 Å². The van der Waals surface area contributed by atoms with E-state index in [-0.39, 0.29) is 0 Å². The second-order valence-corrected chi connectivity index (χ2v) is 8.76. The summed E-state index contributed by atoms with van der Waals surface area (Å²) in [5.74, 6) is 1.98. The van der Waals surface area contributed by atoms with Gasteiger partial charge in [0.05, 0.1) is 11.4 Å². The summed E-state index contributed by atoms with van der Waals surface area (Å²) in [6.45, 7) is 2.86. The Morgan fingerprint density at radius 2 is 2.00 bits per heavy atom. The first-order chi connectivity index (χ1) is 13.3. The zero-order valence-corrected chi connectivity index (χ0v) is 16.2. The summed E-state index contributed by atoms with van der Waals surface area (Å²) in [5.41, 5.74) is 2.86. The van der Waals surface area contributed by atoms with Crippen molar-refractivity contribution in [2.24, 2.45) is 0 Å². The molecule has 5 nitrogen and oxygen atoms in total. The Balaban J connectivity index is 1.27. The first-order valence-electron chi connectivity index (χ1n) is 9.92. The van der Waals surface area contributed by atoms with E-state index in [1.807, 2.05) is 23.7 Å². The van der Waals surface area contributed by atoms with Gasteiger partial charge in [0.25, 0.3) is 5.89 Å². The van der Waals surface area contributed by atoms with Gasteiger partial charge in [0.1, 0.15) is 0 Å². The predicted octanol–water partition coefficient (Wildman–Crippen LogP) is 4.45. The Morgan fingerprint density at radius 1 is 1.11 bits per heavy atom. The molecule has 0 bridgehead atoms. The minimum atomic E-state index is 0.563. The lowest BCUT2D eigenvalue weighted by atomic mass is 9.91. The van der Waals surface area contributed by atoms with E-state index in [9.17, 15) is 0 Å². The lowest BCUT2D eigenvalue weighted by molar-refractivity contribution is 0.184. The molecule has 1 fully saturated rings. The second-order valence-electron chi connectivity index (χ2n) is 7.62. The van der Waals surface area contributed by atoms with Crippen molar-refractivity contribution >= 4 is 11.3 Å². The molecule has 1 atom stereocenters. The zero-order valence-electron chi connectivity index (χ0n) is 15.4. The quantitative estimate of drug-likeness (QED) is 0.669. The third kappa shape index (κ3) is 3.69. The van der Waals surface area contributed by atoms with E-state index in [2.05, 4.69) is 38.3 Å². The molecule has 0 aromatic carbocycles. The molecule has 2 aliphatic rings. The fourth-order valence-electron chi connectivity index (χ4n) is 4.31. The van der Waals surface area contributed by atoms with Crippen LogP contribution in [0.2, 0.25) is 0 Å². The van der Waals surface area contributed by atoms with Crippen LogP contribution in [0.25, 0.3) is 10.8 Å². The molecule has 4 heterocycles. The maximum Gasteiger partial charge on any atom is 0.257 e. The normalized spacial score (nSPS) is 20.5. The molecule has 27 heavy (non-hydrogen) atoms. The molecule has 140 valence electrons. The van der Waals surface area contributed by atoms with Crippen LogP contribution in [0, 0.1) is 0 Å². The standard InChI is InChI=1S/C21H24N4OS/c1-2-6-18-16(4-1)12-19(27-18)21-24-23-20(26-21)14-25-11-3-5-17(13-25)15-7-9-22-10-8-15/h7-10,12,17H,1-6,11,13-14H2. The van der Waals surface area contributed by atoms with Crippen molar-refractivity contribution in [3.8, 4) is 10.8 Å². The van der Waals surface area contributed by atoms with Gasteiger partial charge in [-0.05, 0) is 80.3 Å². The number of rotatable bonds is 4. The van der Waals surface area contributed by atoms with E-state index in [1.54, 1.807) is 0 Å². The molecule has 0 saturated carbocycles. The average Bonchev–Trinajstić information content (AvgIpc) is 3.35. The zero-order chi connectivity index (χ0) is 18.1. The fraction of sp³-hybridized carbons (Fsp3) is 0.476. The molecule has 1 aliphatic carbocycles. The largest absolute Gasteiger partial charge is 0.419 e. The molecule has 3 aromatic heterocycles. The summed E-state index contributed by atoms with van der Waals surface area (Å²) in [6, 6.07) is 6.53. The van der Waals surface area contributed by atoms with Crippen LogP contribution in [-0.2, 0) is 19.4 Å². The maximum absolute atomic E-state index is 6.03. The van der Waals surface area contributed by atoms with E-state index in [4.69, 9.17) is 4.42 Å². The summed E-state index contributed by atoms with van der Waals surface area (Å²) >= 11 is 1.83. The molecule has 6 heteroatoms. The molecule has 1 saturated heterocycles. The van der Waals surface area contributed by atoms with Crippen molar-refractivity contribution < 1.29 is 4.42 Å². The Labute approximate surface area is 163 Å². The highest BCUT2D eigenvalue weighted by Gasteiger charge is 2.23. The molecule has 0 spiro atoms. The first-order valence-corrected chi connectivity index (χ1v) is 10.7. The number of pyridine rings is 1. The number of hydrogen-bond acceptors (Lipinski definition) is 6. The molecule has 3 aromatic rings. The van der Waals surface area contributed by atoms with Crippen LogP contribution in [0.4, 0.5) is 0 Å². The van der Waals surface area contributed by atoms with Crippen LogP contribution in [0.1, 0.15) is 53.5 Å². The number of hydrogen-bond donors (Lipinski definition) is 0. The van der Waals surface area contributed by atoms with Crippen LogP contribution in [0.3, 0.4) is 0 Å². The van der Waals surface area contributed by atoms with Crippen LogP contribution in [0.5, 0.6) is 0 Å². The van der Waals surface area contributed by atoms with E-state index in [0.717, 1.165) is 30.4 Å². The van der Waals surface area contributed by atoms with Gasteiger partial charge in [-0.3, -0.25) is 9.88 Å². The Kier molecular flexibility index (Phi) is 4.76. The lowest BCUT2D eigenvalue weighted by Crippen LogP contribution is -2.34. The number of aryl methyl sites for hydroxylation is 2. The number of aromatic nitrogens is 3. The minimum Gasteiger partial charge on any atom is -0.419 e. The monoisotopic (exact) mass is 380 g/mol. The minimum absolute atomic E-state index is 0.563.